The van der Waals surface area contributed by atoms with Crippen LogP contribution in [0.25, 0.3) is 11.5 Å². The Kier molecular flexibility index (Phi) is 5.79. The molecular weight excluding hydrogens is 398 g/mol. The number of benzene rings is 1. The zero-order chi connectivity index (χ0) is 19.8. The van der Waals surface area contributed by atoms with Gasteiger partial charge >= 0.3 is 0 Å². The molecule has 2 aliphatic heterocycles. The predicted octanol–water partition coefficient (Wildman–Crippen LogP) is 3.34. The van der Waals surface area contributed by atoms with Crippen LogP contribution in [0, 0.1) is 11.8 Å². The molecule has 154 valence electrons. The van der Waals surface area contributed by atoms with Crippen molar-refractivity contribution in [3.63, 3.8) is 0 Å². The van der Waals surface area contributed by atoms with Crippen LogP contribution in [0.3, 0.4) is 0 Å². The van der Waals surface area contributed by atoms with E-state index in [9.17, 15) is 4.79 Å². The van der Waals surface area contributed by atoms with Gasteiger partial charge < -0.3 is 4.90 Å². The summed E-state index contributed by atoms with van der Waals surface area (Å²) in [5.41, 5.74) is 2.57. The van der Waals surface area contributed by atoms with Crippen molar-refractivity contribution in [2.24, 2.45) is 11.8 Å². The number of aromatic nitrogens is 3. The number of rotatable bonds is 3. The van der Waals surface area contributed by atoms with Crippen molar-refractivity contribution in [1.29, 1.82) is 0 Å². The van der Waals surface area contributed by atoms with Crippen LogP contribution in [-0.2, 0) is 0 Å². The molecule has 5 rings (SSSR count). The van der Waals surface area contributed by atoms with Crippen molar-refractivity contribution in [2.75, 3.05) is 26.7 Å². The van der Waals surface area contributed by atoms with Gasteiger partial charge in [0, 0.05) is 50.2 Å². The Morgan fingerprint density at radius 3 is 2.37 bits per heavy atom. The number of carbonyl (C=O) groups is 1. The highest BCUT2D eigenvalue weighted by Crippen LogP contribution is 2.44. The van der Waals surface area contributed by atoms with Gasteiger partial charge in [-0.3, -0.25) is 14.7 Å². The van der Waals surface area contributed by atoms with E-state index in [1.165, 1.54) is 5.56 Å². The molecule has 0 unspecified atom stereocenters. The molecule has 2 aromatic heterocycles. The van der Waals surface area contributed by atoms with Gasteiger partial charge in [0.2, 0.25) is 0 Å². The Morgan fingerprint density at radius 2 is 1.67 bits per heavy atom. The number of pyridine rings is 1. The predicted molar refractivity (Wildman–Crippen MR) is 117 cm³/mol. The van der Waals surface area contributed by atoms with Crippen molar-refractivity contribution in [3.8, 4) is 11.5 Å². The summed E-state index contributed by atoms with van der Waals surface area (Å²) in [5.74, 6) is 1.51. The molecule has 2 fully saturated rings. The maximum absolute atomic E-state index is 13.1. The van der Waals surface area contributed by atoms with Gasteiger partial charge in [-0.15, -0.1) is 12.4 Å². The number of nitrogens with zero attached hydrogens (tertiary/aromatic N) is 5. The fraction of sp³-hybridized carbons (Fsp3) is 0.304. The number of halogens is 1. The van der Waals surface area contributed by atoms with E-state index in [0.717, 1.165) is 19.6 Å². The maximum Gasteiger partial charge on any atom is 0.257 e. The minimum atomic E-state index is 0. The minimum absolute atomic E-state index is 0. The highest BCUT2D eigenvalue weighted by Gasteiger charge is 2.47. The van der Waals surface area contributed by atoms with Crippen LogP contribution in [0.5, 0.6) is 0 Å². The minimum Gasteiger partial charge on any atom is -0.338 e. The third-order valence-electron chi connectivity index (χ3n) is 6.12. The molecule has 3 atom stereocenters. The summed E-state index contributed by atoms with van der Waals surface area (Å²) in [5, 5.41) is 0. The third kappa shape index (κ3) is 3.68. The summed E-state index contributed by atoms with van der Waals surface area (Å²) in [7, 11) is 2.19. The largest absolute Gasteiger partial charge is 0.338 e. The molecule has 30 heavy (non-hydrogen) atoms. The molecule has 1 aromatic carbocycles. The number of amides is 1. The Bertz CT molecular complexity index is 999. The van der Waals surface area contributed by atoms with Crippen molar-refractivity contribution in [1.82, 2.24) is 24.8 Å². The van der Waals surface area contributed by atoms with Gasteiger partial charge in [0.25, 0.3) is 5.91 Å². The highest BCUT2D eigenvalue weighted by molar-refractivity contribution is 5.94. The maximum atomic E-state index is 13.1. The van der Waals surface area contributed by atoms with Gasteiger partial charge in [-0.1, -0.05) is 36.4 Å². The fourth-order valence-electron chi connectivity index (χ4n) is 4.82. The summed E-state index contributed by atoms with van der Waals surface area (Å²) in [6.07, 6.45) is 4.95. The van der Waals surface area contributed by atoms with Gasteiger partial charge in [0.15, 0.2) is 5.82 Å². The lowest BCUT2D eigenvalue weighted by molar-refractivity contribution is 0.0767. The third-order valence-corrected chi connectivity index (χ3v) is 6.12. The zero-order valence-electron chi connectivity index (χ0n) is 16.8. The molecule has 0 aliphatic carbocycles. The molecule has 0 saturated carbocycles. The Labute approximate surface area is 182 Å². The summed E-state index contributed by atoms with van der Waals surface area (Å²) < 4.78 is 0. The number of fused-ring (bicyclic) bond motifs is 1. The van der Waals surface area contributed by atoms with Crippen LogP contribution in [0.2, 0.25) is 0 Å². The molecule has 0 radical (unpaired) electrons. The molecule has 6 nitrogen and oxygen atoms in total. The molecule has 4 heterocycles. The first-order valence-electron chi connectivity index (χ1n) is 9.98. The van der Waals surface area contributed by atoms with Gasteiger partial charge in [0.1, 0.15) is 5.69 Å². The molecule has 1 amide bonds. The first-order valence-corrected chi connectivity index (χ1v) is 9.98. The van der Waals surface area contributed by atoms with E-state index in [-0.39, 0.29) is 18.3 Å². The second-order valence-corrected chi connectivity index (χ2v) is 7.94. The number of likely N-dealkylation sites (tertiary alicyclic amines) is 2. The molecule has 2 saturated heterocycles. The van der Waals surface area contributed by atoms with E-state index in [1.807, 2.05) is 23.1 Å². The zero-order valence-corrected chi connectivity index (χ0v) is 17.6. The van der Waals surface area contributed by atoms with Crippen molar-refractivity contribution >= 4 is 18.3 Å². The number of hydrogen-bond donors (Lipinski definition) is 0. The molecule has 3 aromatic rings. The summed E-state index contributed by atoms with van der Waals surface area (Å²) in [6, 6.07) is 16.6. The van der Waals surface area contributed by atoms with E-state index >= 15 is 0 Å². The molecule has 0 bridgehead atoms. The monoisotopic (exact) mass is 421 g/mol. The molecule has 2 aliphatic rings. The lowest BCUT2D eigenvalue weighted by Crippen LogP contribution is -2.33. The van der Waals surface area contributed by atoms with Gasteiger partial charge in [-0.2, -0.15) is 0 Å². The Hall–Kier alpha value is -2.83. The van der Waals surface area contributed by atoms with Crippen LogP contribution in [0.15, 0.2) is 67.1 Å². The van der Waals surface area contributed by atoms with Crippen LogP contribution in [0.1, 0.15) is 22.0 Å². The van der Waals surface area contributed by atoms with Crippen molar-refractivity contribution < 1.29 is 4.79 Å². The fourth-order valence-corrected chi connectivity index (χ4v) is 4.82. The normalized spacial score (nSPS) is 23.1. The summed E-state index contributed by atoms with van der Waals surface area (Å²) in [4.78, 5) is 30.4. The number of hydrogen-bond acceptors (Lipinski definition) is 5. The molecule has 0 spiro atoms. The van der Waals surface area contributed by atoms with Gasteiger partial charge in [-0.05, 0) is 30.7 Å². The second kappa shape index (κ2) is 8.50. The Morgan fingerprint density at radius 1 is 0.933 bits per heavy atom. The average Bonchev–Trinajstić information content (AvgIpc) is 3.31. The Balaban J connectivity index is 0.00000218. The molecule has 7 heteroatoms. The van der Waals surface area contributed by atoms with E-state index in [2.05, 4.69) is 57.2 Å². The van der Waals surface area contributed by atoms with E-state index in [0.29, 0.717) is 35.0 Å². The lowest BCUT2D eigenvalue weighted by Gasteiger charge is -2.26. The van der Waals surface area contributed by atoms with Crippen molar-refractivity contribution in [3.05, 3.63) is 78.2 Å². The van der Waals surface area contributed by atoms with E-state index < -0.39 is 0 Å². The van der Waals surface area contributed by atoms with Crippen LogP contribution in [0.4, 0.5) is 0 Å². The van der Waals surface area contributed by atoms with Crippen molar-refractivity contribution in [2.45, 2.75) is 6.04 Å². The number of carbonyl (C=O) groups excluding carboxylic acids is 1. The molecular formula is C23H24ClN5O. The standard InChI is InChI=1S/C23H23N5O.ClH/c1-27-13-18-14-28(15-19(18)21(27)16-7-3-2-4-8-16)23(29)17-11-25-22(26-12-17)20-9-5-6-10-24-20;/h2-12,18-19,21H,13-15H2,1H3;1H/t18-,19+,21-;/m0./s1. The van der Waals surface area contributed by atoms with Crippen LogP contribution >= 0.6 is 12.4 Å². The van der Waals surface area contributed by atoms with Crippen LogP contribution < -0.4 is 0 Å². The van der Waals surface area contributed by atoms with Gasteiger partial charge in [0.05, 0.1) is 5.56 Å². The quantitative estimate of drug-likeness (QED) is 0.649. The SMILES string of the molecule is CN1C[C@H]2CN(C(=O)c3cnc(-c4ccccn4)nc3)C[C@H]2[C@@H]1c1ccccc1.Cl. The van der Waals surface area contributed by atoms with E-state index in [1.54, 1.807) is 18.6 Å². The van der Waals surface area contributed by atoms with Crippen LogP contribution in [-0.4, -0.2) is 57.3 Å². The summed E-state index contributed by atoms with van der Waals surface area (Å²) >= 11 is 0. The van der Waals surface area contributed by atoms with Gasteiger partial charge in [-0.25, -0.2) is 9.97 Å². The average molecular weight is 422 g/mol. The summed E-state index contributed by atoms with van der Waals surface area (Å²) in [6.45, 7) is 2.58. The van der Waals surface area contributed by atoms with E-state index in [4.69, 9.17) is 0 Å². The first kappa shape index (κ1) is 20.4. The smallest absolute Gasteiger partial charge is 0.257 e. The second-order valence-electron chi connectivity index (χ2n) is 7.94. The highest BCUT2D eigenvalue weighted by atomic mass is 35.5. The topological polar surface area (TPSA) is 62.2 Å². The lowest BCUT2D eigenvalue weighted by atomic mass is 9.90. The molecule has 0 N–H and O–H groups in total. The first-order chi connectivity index (χ1) is 14.2.